The summed E-state index contributed by atoms with van der Waals surface area (Å²) >= 11 is 0. The molecule has 0 amide bonds. The highest BCUT2D eigenvalue weighted by Gasteiger charge is 2.24. The van der Waals surface area contributed by atoms with Gasteiger partial charge in [-0.15, -0.1) is 0 Å². The van der Waals surface area contributed by atoms with Gasteiger partial charge in [0, 0.05) is 0 Å². The van der Waals surface area contributed by atoms with E-state index in [-0.39, 0.29) is 6.23 Å². The van der Waals surface area contributed by atoms with Crippen LogP contribution in [0.3, 0.4) is 0 Å². The predicted octanol–water partition coefficient (Wildman–Crippen LogP) is 2.17. The second kappa shape index (κ2) is 4.23. The first kappa shape index (κ1) is 11.1. The van der Waals surface area contributed by atoms with Crippen LogP contribution in [0.4, 0.5) is 0 Å². The Labute approximate surface area is 71.3 Å². The standard InChI is InChI=1S/C8H21NOSi/c1-7(2)6-11(4,5)10-8(3)9/h7-8H,6,9H2,1-5H3. The lowest BCUT2D eigenvalue weighted by molar-refractivity contribution is 0.217. The number of rotatable bonds is 4. The van der Waals surface area contributed by atoms with Crippen LogP contribution in [0.15, 0.2) is 0 Å². The summed E-state index contributed by atoms with van der Waals surface area (Å²) < 4.78 is 5.67. The third-order valence-corrected chi connectivity index (χ3v) is 4.21. The normalized spacial score (nSPS) is 15.5. The van der Waals surface area contributed by atoms with Crippen LogP contribution in [-0.4, -0.2) is 14.5 Å². The van der Waals surface area contributed by atoms with E-state index >= 15 is 0 Å². The van der Waals surface area contributed by atoms with Crippen LogP contribution in [0.5, 0.6) is 0 Å². The summed E-state index contributed by atoms with van der Waals surface area (Å²) in [6.07, 6.45) is -0.101. The van der Waals surface area contributed by atoms with Gasteiger partial charge in [-0.3, -0.25) is 0 Å². The summed E-state index contributed by atoms with van der Waals surface area (Å²) in [6, 6.07) is 1.19. The van der Waals surface area contributed by atoms with E-state index in [4.69, 9.17) is 10.2 Å². The van der Waals surface area contributed by atoms with Crippen LogP contribution < -0.4 is 5.73 Å². The van der Waals surface area contributed by atoms with Gasteiger partial charge in [-0.25, -0.2) is 0 Å². The molecule has 0 aliphatic heterocycles. The third-order valence-electron chi connectivity index (χ3n) is 1.40. The minimum Gasteiger partial charge on any atom is -0.403 e. The Hall–Kier alpha value is 0.137. The van der Waals surface area contributed by atoms with Crippen LogP contribution >= 0.6 is 0 Å². The monoisotopic (exact) mass is 175 g/mol. The van der Waals surface area contributed by atoms with Crippen molar-refractivity contribution in [1.29, 1.82) is 0 Å². The first-order chi connectivity index (χ1) is 4.83. The van der Waals surface area contributed by atoms with E-state index in [1.54, 1.807) is 0 Å². The topological polar surface area (TPSA) is 35.2 Å². The Kier molecular flexibility index (Phi) is 4.29. The molecule has 1 unspecified atom stereocenters. The first-order valence-corrected chi connectivity index (χ1v) is 7.38. The summed E-state index contributed by atoms with van der Waals surface area (Å²) in [4.78, 5) is 0. The highest BCUT2D eigenvalue weighted by atomic mass is 28.4. The van der Waals surface area contributed by atoms with E-state index in [1.165, 1.54) is 6.04 Å². The quantitative estimate of drug-likeness (QED) is 0.525. The molecule has 1 atom stereocenters. The third kappa shape index (κ3) is 6.53. The van der Waals surface area contributed by atoms with Gasteiger partial charge in [0.2, 0.25) is 0 Å². The van der Waals surface area contributed by atoms with Crippen molar-refractivity contribution < 1.29 is 4.43 Å². The smallest absolute Gasteiger partial charge is 0.189 e. The van der Waals surface area contributed by atoms with Crippen molar-refractivity contribution in [3.05, 3.63) is 0 Å². The second-order valence-corrected chi connectivity index (χ2v) is 8.34. The summed E-state index contributed by atoms with van der Waals surface area (Å²) in [5.74, 6) is 0.718. The van der Waals surface area contributed by atoms with E-state index in [0.29, 0.717) is 0 Å². The van der Waals surface area contributed by atoms with E-state index < -0.39 is 8.32 Å². The lowest BCUT2D eigenvalue weighted by atomic mass is 10.3. The van der Waals surface area contributed by atoms with Gasteiger partial charge >= 0.3 is 0 Å². The molecule has 2 N–H and O–H groups in total. The fraction of sp³-hybridized carbons (Fsp3) is 1.00. The van der Waals surface area contributed by atoms with Crippen molar-refractivity contribution in [2.24, 2.45) is 11.7 Å². The van der Waals surface area contributed by atoms with E-state index in [2.05, 4.69) is 26.9 Å². The molecule has 0 aromatic carbocycles. The maximum Gasteiger partial charge on any atom is 0.189 e. The van der Waals surface area contributed by atoms with Crippen LogP contribution in [-0.2, 0) is 4.43 Å². The molecule has 0 aromatic heterocycles. The SMILES string of the molecule is CC(C)C[Si](C)(C)OC(C)N. The van der Waals surface area contributed by atoms with Crippen LogP contribution in [0.2, 0.25) is 19.1 Å². The van der Waals surface area contributed by atoms with Gasteiger partial charge in [-0.2, -0.15) is 0 Å². The Morgan fingerprint density at radius 1 is 1.27 bits per heavy atom. The number of nitrogens with two attached hydrogens (primary N) is 1. The van der Waals surface area contributed by atoms with Gasteiger partial charge in [-0.05, 0) is 32.0 Å². The van der Waals surface area contributed by atoms with Gasteiger partial charge in [0.25, 0.3) is 0 Å². The minimum atomic E-state index is -1.45. The van der Waals surface area contributed by atoms with Crippen molar-refractivity contribution in [1.82, 2.24) is 0 Å². The van der Waals surface area contributed by atoms with Gasteiger partial charge in [0.1, 0.15) is 0 Å². The van der Waals surface area contributed by atoms with Gasteiger partial charge < -0.3 is 10.2 Å². The molecule has 0 aliphatic rings. The molecule has 11 heavy (non-hydrogen) atoms. The molecular formula is C8H21NOSi. The molecular weight excluding hydrogens is 154 g/mol. The molecule has 2 nitrogen and oxygen atoms in total. The molecule has 0 radical (unpaired) electrons. The van der Waals surface area contributed by atoms with E-state index in [9.17, 15) is 0 Å². The zero-order valence-electron chi connectivity index (χ0n) is 8.35. The minimum absolute atomic E-state index is 0.101. The summed E-state index contributed by atoms with van der Waals surface area (Å²) in [5, 5.41) is 0. The fourth-order valence-electron chi connectivity index (χ4n) is 1.53. The molecule has 3 heteroatoms. The first-order valence-electron chi connectivity index (χ1n) is 4.27. The fourth-order valence-corrected chi connectivity index (χ4v) is 4.60. The summed E-state index contributed by atoms with van der Waals surface area (Å²) in [5.41, 5.74) is 5.57. The Morgan fingerprint density at radius 2 is 1.73 bits per heavy atom. The highest BCUT2D eigenvalue weighted by molar-refractivity contribution is 6.71. The average Bonchev–Trinajstić information content (AvgIpc) is 1.53. The number of hydrogen-bond donors (Lipinski definition) is 1. The van der Waals surface area contributed by atoms with E-state index in [1.807, 2.05) is 6.92 Å². The maximum atomic E-state index is 5.67. The van der Waals surface area contributed by atoms with Crippen molar-refractivity contribution >= 4 is 8.32 Å². The maximum absolute atomic E-state index is 5.67. The zero-order chi connectivity index (χ0) is 9.07. The van der Waals surface area contributed by atoms with Crippen molar-refractivity contribution in [2.45, 2.75) is 46.1 Å². The number of hydrogen-bond acceptors (Lipinski definition) is 2. The van der Waals surface area contributed by atoms with Gasteiger partial charge in [0.05, 0.1) is 6.23 Å². The Bertz CT molecular complexity index is 101. The average molecular weight is 175 g/mol. The van der Waals surface area contributed by atoms with Crippen LogP contribution in [0, 0.1) is 5.92 Å². The van der Waals surface area contributed by atoms with Gasteiger partial charge in [-0.1, -0.05) is 13.8 Å². The lowest BCUT2D eigenvalue weighted by Gasteiger charge is -2.26. The molecule has 0 bridgehead atoms. The molecule has 0 rings (SSSR count). The van der Waals surface area contributed by atoms with Gasteiger partial charge in [0.15, 0.2) is 8.32 Å². The molecule has 0 saturated carbocycles. The molecule has 68 valence electrons. The Balaban J connectivity index is 3.79. The predicted molar refractivity (Wildman–Crippen MR) is 51.9 cm³/mol. The largest absolute Gasteiger partial charge is 0.403 e. The van der Waals surface area contributed by atoms with Crippen molar-refractivity contribution in [3.63, 3.8) is 0 Å². The summed E-state index contributed by atoms with van der Waals surface area (Å²) in [7, 11) is -1.45. The lowest BCUT2D eigenvalue weighted by Crippen LogP contribution is -2.38. The highest BCUT2D eigenvalue weighted by Crippen LogP contribution is 2.18. The van der Waals surface area contributed by atoms with E-state index in [0.717, 1.165) is 5.92 Å². The molecule has 0 saturated heterocycles. The summed E-state index contributed by atoms with van der Waals surface area (Å²) in [6.45, 7) is 10.8. The van der Waals surface area contributed by atoms with Crippen molar-refractivity contribution in [3.8, 4) is 0 Å². The zero-order valence-corrected chi connectivity index (χ0v) is 9.35. The molecule has 0 spiro atoms. The van der Waals surface area contributed by atoms with Crippen LogP contribution in [0.25, 0.3) is 0 Å². The molecule has 0 aliphatic carbocycles. The van der Waals surface area contributed by atoms with Crippen LogP contribution in [0.1, 0.15) is 20.8 Å². The molecule has 0 fully saturated rings. The Morgan fingerprint density at radius 3 is 2.00 bits per heavy atom. The second-order valence-electron chi connectivity index (χ2n) is 4.18. The molecule has 0 aromatic rings. The van der Waals surface area contributed by atoms with Crippen molar-refractivity contribution in [2.75, 3.05) is 0 Å². The molecule has 0 heterocycles.